The number of hydrogen-bond donors (Lipinski definition) is 2. The van der Waals surface area contributed by atoms with Crippen molar-refractivity contribution in [2.45, 2.75) is 50.3 Å². The van der Waals surface area contributed by atoms with Crippen LogP contribution in [0.4, 0.5) is 0 Å². The molecule has 3 atom stereocenters. The number of rotatable bonds is 6. The molecule has 2 rings (SSSR count). The van der Waals surface area contributed by atoms with Crippen molar-refractivity contribution in [3.8, 4) is 6.07 Å². The first-order chi connectivity index (χ1) is 10.0. The highest BCUT2D eigenvalue weighted by atomic mass is 16.5. The molecule has 0 radical (unpaired) electrons. The fourth-order valence-corrected chi connectivity index (χ4v) is 3.13. The summed E-state index contributed by atoms with van der Waals surface area (Å²) in [5.41, 5.74) is 5.09. The van der Waals surface area contributed by atoms with Gasteiger partial charge in [0.2, 0.25) is 5.91 Å². The van der Waals surface area contributed by atoms with E-state index in [9.17, 15) is 10.1 Å². The van der Waals surface area contributed by atoms with Crippen LogP contribution in [0.3, 0.4) is 0 Å². The molecule has 1 heterocycles. The van der Waals surface area contributed by atoms with Gasteiger partial charge in [-0.3, -0.25) is 9.69 Å². The molecule has 1 aliphatic heterocycles. The maximum Gasteiger partial charge on any atom is 0.235 e. The Hall–Kier alpha value is -1.16. The van der Waals surface area contributed by atoms with Crippen molar-refractivity contribution in [1.29, 1.82) is 5.26 Å². The average molecular weight is 294 g/mol. The quantitative estimate of drug-likeness (QED) is 0.732. The van der Waals surface area contributed by atoms with Gasteiger partial charge in [0.1, 0.15) is 5.54 Å². The number of methoxy groups -OCH3 is 1. The third-order valence-corrected chi connectivity index (χ3v) is 4.77. The topological polar surface area (TPSA) is 91.4 Å². The lowest BCUT2D eigenvalue weighted by atomic mass is 9.97. The number of piperidine rings is 1. The molecule has 1 amide bonds. The Morgan fingerprint density at radius 2 is 2.24 bits per heavy atom. The SMILES string of the molecule is COC1CCN(CC(=O)NC(C)(C#N)C2CC2)C(CN)C1. The summed E-state index contributed by atoms with van der Waals surface area (Å²) in [4.78, 5) is 14.4. The molecule has 2 fully saturated rings. The van der Waals surface area contributed by atoms with Gasteiger partial charge in [-0.05, 0) is 38.5 Å². The Balaban J connectivity index is 1.88. The van der Waals surface area contributed by atoms with Crippen molar-refractivity contribution in [1.82, 2.24) is 10.2 Å². The molecule has 6 nitrogen and oxygen atoms in total. The summed E-state index contributed by atoms with van der Waals surface area (Å²) in [5, 5.41) is 12.2. The van der Waals surface area contributed by atoms with Crippen LogP contribution >= 0.6 is 0 Å². The predicted octanol–water partition coefficient (Wildman–Crippen LogP) is 0.233. The zero-order valence-electron chi connectivity index (χ0n) is 13.0. The van der Waals surface area contributed by atoms with Crippen molar-refractivity contribution in [2.75, 3.05) is 26.7 Å². The summed E-state index contributed by atoms with van der Waals surface area (Å²) >= 11 is 0. The van der Waals surface area contributed by atoms with Crippen LogP contribution in [0, 0.1) is 17.2 Å². The number of nitrogens with two attached hydrogens (primary N) is 1. The second-order valence-corrected chi connectivity index (χ2v) is 6.38. The van der Waals surface area contributed by atoms with E-state index in [1.165, 1.54) is 0 Å². The summed E-state index contributed by atoms with van der Waals surface area (Å²) in [5.74, 6) is 0.219. The van der Waals surface area contributed by atoms with E-state index in [1.807, 2.05) is 6.92 Å². The van der Waals surface area contributed by atoms with Crippen LogP contribution in [-0.4, -0.2) is 55.2 Å². The molecule has 0 spiro atoms. The molecule has 0 aromatic heterocycles. The van der Waals surface area contributed by atoms with Crippen LogP contribution in [0.2, 0.25) is 0 Å². The molecular formula is C15H26N4O2. The highest BCUT2D eigenvalue weighted by Crippen LogP contribution is 2.39. The number of amides is 1. The van der Waals surface area contributed by atoms with Crippen LogP contribution in [0.15, 0.2) is 0 Å². The molecule has 3 unspecified atom stereocenters. The number of nitriles is 1. The van der Waals surface area contributed by atoms with Gasteiger partial charge in [-0.15, -0.1) is 0 Å². The van der Waals surface area contributed by atoms with Gasteiger partial charge in [0.25, 0.3) is 0 Å². The third-order valence-electron chi connectivity index (χ3n) is 4.77. The highest BCUT2D eigenvalue weighted by Gasteiger charge is 2.43. The normalized spacial score (nSPS) is 29.4. The molecule has 0 bridgehead atoms. The molecule has 1 saturated heterocycles. The maximum absolute atomic E-state index is 12.3. The standard InChI is InChI=1S/C15H26N4O2/c1-15(10-17,11-3-4-11)18-14(20)9-19-6-5-13(21-2)7-12(19)8-16/h11-13H,3-9,16H2,1-2H3,(H,18,20). The number of ether oxygens (including phenoxy) is 1. The van der Waals surface area contributed by atoms with Crippen LogP contribution in [-0.2, 0) is 9.53 Å². The number of likely N-dealkylation sites (tertiary alicyclic amines) is 1. The highest BCUT2D eigenvalue weighted by molar-refractivity contribution is 5.79. The van der Waals surface area contributed by atoms with Gasteiger partial charge in [-0.1, -0.05) is 0 Å². The molecule has 0 aromatic rings. The maximum atomic E-state index is 12.3. The lowest BCUT2D eigenvalue weighted by Crippen LogP contribution is -2.55. The van der Waals surface area contributed by atoms with E-state index in [1.54, 1.807) is 7.11 Å². The Morgan fingerprint density at radius 1 is 1.52 bits per heavy atom. The third kappa shape index (κ3) is 3.94. The van der Waals surface area contributed by atoms with Crippen molar-refractivity contribution in [3.05, 3.63) is 0 Å². The van der Waals surface area contributed by atoms with Gasteiger partial charge in [-0.2, -0.15) is 5.26 Å². The summed E-state index contributed by atoms with van der Waals surface area (Å²) in [6.07, 6.45) is 4.05. The number of carbonyl (C=O) groups excluding carboxylic acids is 1. The van der Waals surface area contributed by atoms with Gasteiger partial charge in [0.15, 0.2) is 0 Å². The molecule has 2 aliphatic rings. The molecule has 1 aliphatic carbocycles. The second-order valence-electron chi connectivity index (χ2n) is 6.38. The van der Waals surface area contributed by atoms with Crippen LogP contribution < -0.4 is 11.1 Å². The average Bonchev–Trinajstić information content (AvgIpc) is 3.32. The van der Waals surface area contributed by atoms with Crippen LogP contribution in [0.25, 0.3) is 0 Å². The molecular weight excluding hydrogens is 268 g/mol. The van der Waals surface area contributed by atoms with Gasteiger partial charge in [0.05, 0.1) is 18.7 Å². The summed E-state index contributed by atoms with van der Waals surface area (Å²) in [7, 11) is 1.72. The van der Waals surface area contributed by atoms with Gasteiger partial charge in [-0.25, -0.2) is 0 Å². The van der Waals surface area contributed by atoms with E-state index in [2.05, 4.69) is 16.3 Å². The first kappa shape index (κ1) is 16.2. The molecule has 3 N–H and O–H groups in total. The van der Waals surface area contributed by atoms with E-state index in [-0.39, 0.29) is 18.1 Å². The summed E-state index contributed by atoms with van der Waals surface area (Å²) < 4.78 is 5.39. The number of nitrogens with one attached hydrogen (secondary N) is 1. The minimum atomic E-state index is -0.722. The zero-order valence-corrected chi connectivity index (χ0v) is 13.0. The summed E-state index contributed by atoms with van der Waals surface area (Å²) in [6.45, 7) is 3.45. The minimum Gasteiger partial charge on any atom is -0.381 e. The van der Waals surface area contributed by atoms with Gasteiger partial charge < -0.3 is 15.8 Å². The molecule has 6 heteroatoms. The summed E-state index contributed by atoms with van der Waals surface area (Å²) in [6, 6.07) is 2.42. The van der Waals surface area contributed by atoms with Crippen molar-refractivity contribution in [2.24, 2.45) is 11.7 Å². The van der Waals surface area contributed by atoms with Gasteiger partial charge in [0, 0.05) is 26.2 Å². The lowest BCUT2D eigenvalue weighted by molar-refractivity contribution is -0.125. The minimum absolute atomic E-state index is 0.0831. The largest absolute Gasteiger partial charge is 0.381 e. The smallest absolute Gasteiger partial charge is 0.235 e. The Kier molecular flexibility index (Phi) is 5.20. The van der Waals surface area contributed by atoms with Crippen molar-refractivity contribution in [3.63, 3.8) is 0 Å². The Morgan fingerprint density at radius 3 is 2.76 bits per heavy atom. The molecule has 1 saturated carbocycles. The molecule has 0 aromatic carbocycles. The Bertz CT molecular complexity index is 418. The van der Waals surface area contributed by atoms with E-state index in [0.29, 0.717) is 19.0 Å². The van der Waals surface area contributed by atoms with Crippen LogP contribution in [0.1, 0.15) is 32.6 Å². The lowest BCUT2D eigenvalue weighted by Gasteiger charge is -2.38. The van der Waals surface area contributed by atoms with E-state index >= 15 is 0 Å². The Labute approximate surface area is 126 Å². The first-order valence-corrected chi connectivity index (χ1v) is 7.71. The first-order valence-electron chi connectivity index (χ1n) is 7.71. The van der Waals surface area contributed by atoms with Crippen molar-refractivity contribution < 1.29 is 9.53 Å². The van der Waals surface area contributed by atoms with E-state index in [0.717, 1.165) is 32.2 Å². The molecule has 118 valence electrons. The second kappa shape index (κ2) is 6.73. The fraction of sp³-hybridized carbons (Fsp3) is 0.867. The molecule has 21 heavy (non-hydrogen) atoms. The van der Waals surface area contributed by atoms with Crippen molar-refractivity contribution >= 4 is 5.91 Å². The monoisotopic (exact) mass is 294 g/mol. The number of carbonyl (C=O) groups is 1. The van der Waals surface area contributed by atoms with Crippen LogP contribution in [0.5, 0.6) is 0 Å². The predicted molar refractivity (Wildman–Crippen MR) is 79.3 cm³/mol. The number of nitrogens with zero attached hydrogens (tertiary/aromatic N) is 2. The zero-order chi connectivity index (χ0) is 15.5. The van der Waals surface area contributed by atoms with Gasteiger partial charge >= 0.3 is 0 Å². The fourth-order valence-electron chi connectivity index (χ4n) is 3.13. The van der Waals surface area contributed by atoms with E-state index in [4.69, 9.17) is 10.5 Å². The van der Waals surface area contributed by atoms with E-state index < -0.39 is 5.54 Å². The number of hydrogen-bond acceptors (Lipinski definition) is 5.